The average molecular weight is 359 g/mol. The van der Waals surface area contributed by atoms with E-state index in [0.29, 0.717) is 25.9 Å². The molecule has 1 aromatic rings. The zero-order chi connectivity index (χ0) is 18.0. The van der Waals surface area contributed by atoms with Crippen LogP contribution in [0.5, 0.6) is 5.75 Å². The summed E-state index contributed by atoms with van der Waals surface area (Å²) in [6.07, 6.45) is 6.97. The number of hydrogen-bond acceptors (Lipinski definition) is 4. The molecule has 0 amide bonds. The van der Waals surface area contributed by atoms with Crippen molar-refractivity contribution in [3.63, 3.8) is 0 Å². The summed E-state index contributed by atoms with van der Waals surface area (Å²) in [5, 5.41) is 9.70. The van der Waals surface area contributed by atoms with E-state index >= 15 is 0 Å². The highest BCUT2D eigenvalue weighted by Gasteiger charge is 2.50. The van der Waals surface area contributed by atoms with E-state index in [4.69, 9.17) is 9.47 Å². The summed E-state index contributed by atoms with van der Waals surface area (Å²) in [7, 11) is 0. The number of carboxylic acid groups (broad SMARTS) is 1. The molecule has 0 bridgehead atoms. The summed E-state index contributed by atoms with van der Waals surface area (Å²) in [4.78, 5) is 14.1. The lowest BCUT2D eigenvalue weighted by atomic mass is 9.72. The minimum Gasteiger partial charge on any atom is -0.490 e. The first-order valence-electron chi connectivity index (χ1n) is 9.93. The van der Waals surface area contributed by atoms with Gasteiger partial charge in [0.1, 0.15) is 5.75 Å². The molecule has 3 fully saturated rings. The third kappa shape index (κ3) is 3.74. The summed E-state index contributed by atoms with van der Waals surface area (Å²) in [5.41, 5.74) is 1.10. The standard InChI is InChI=1S/C21H29NO4/c23-20(24)19-14-22(15-21(19)9-11-25-12-10-21)13-16-5-7-18(8-6-16)26-17-3-1-2-4-17/h5-8,17,19H,1-4,9-15H2,(H,23,24). The molecule has 1 aliphatic carbocycles. The Hall–Kier alpha value is -1.59. The molecule has 1 spiro atoms. The van der Waals surface area contributed by atoms with Crippen molar-refractivity contribution in [2.24, 2.45) is 11.3 Å². The smallest absolute Gasteiger partial charge is 0.308 e. The van der Waals surface area contributed by atoms with Crippen molar-refractivity contribution in [2.75, 3.05) is 26.3 Å². The van der Waals surface area contributed by atoms with E-state index in [0.717, 1.165) is 44.5 Å². The van der Waals surface area contributed by atoms with E-state index < -0.39 is 5.97 Å². The summed E-state index contributed by atoms with van der Waals surface area (Å²) < 4.78 is 11.5. The van der Waals surface area contributed by atoms with Gasteiger partial charge >= 0.3 is 5.97 Å². The molecule has 142 valence electrons. The molecule has 5 nitrogen and oxygen atoms in total. The van der Waals surface area contributed by atoms with Crippen molar-refractivity contribution >= 4 is 5.97 Å². The van der Waals surface area contributed by atoms with Gasteiger partial charge in [-0.05, 0) is 56.2 Å². The molecule has 5 heteroatoms. The average Bonchev–Trinajstić information content (AvgIpc) is 3.26. The van der Waals surface area contributed by atoms with Gasteiger partial charge in [-0.2, -0.15) is 0 Å². The fourth-order valence-corrected chi connectivity index (χ4v) is 4.95. The third-order valence-corrected chi connectivity index (χ3v) is 6.44. The van der Waals surface area contributed by atoms with Crippen molar-refractivity contribution in [3.05, 3.63) is 29.8 Å². The van der Waals surface area contributed by atoms with Crippen molar-refractivity contribution in [1.29, 1.82) is 0 Å². The maximum atomic E-state index is 11.8. The van der Waals surface area contributed by atoms with Crippen LogP contribution < -0.4 is 4.74 Å². The highest BCUT2D eigenvalue weighted by Crippen LogP contribution is 2.44. The number of rotatable bonds is 5. The van der Waals surface area contributed by atoms with Gasteiger partial charge in [-0.3, -0.25) is 9.69 Å². The predicted molar refractivity (Wildman–Crippen MR) is 98.2 cm³/mol. The lowest BCUT2D eigenvalue weighted by molar-refractivity contribution is -0.147. The summed E-state index contributed by atoms with van der Waals surface area (Å²) in [6.45, 7) is 3.66. The Kier molecular flexibility index (Phi) is 5.18. The van der Waals surface area contributed by atoms with E-state index in [9.17, 15) is 9.90 Å². The number of carboxylic acids is 1. The second kappa shape index (κ2) is 7.57. The first kappa shape index (κ1) is 17.8. The number of likely N-dealkylation sites (tertiary alicyclic amines) is 1. The number of aliphatic carboxylic acids is 1. The number of carbonyl (C=O) groups is 1. The largest absolute Gasteiger partial charge is 0.490 e. The summed E-state index contributed by atoms with van der Waals surface area (Å²) in [6, 6.07) is 8.36. The lowest BCUT2D eigenvalue weighted by Gasteiger charge is -2.36. The Balaban J connectivity index is 1.38. The van der Waals surface area contributed by atoms with Crippen LogP contribution in [0.3, 0.4) is 0 Å². The molecular formula is C21H29NO4. The van der Waals surface area contributed by atoms with E-state index in [-0.39, 0.29) is 11.3 Å². The van der Waals surface area contributed by atoms with E-state index in [2.05, 4.69) is 29.2 Å². The van der Waals surface area contributed by atoms with Gasteiger partial charge in [0.25, 0.3) is 0 Å². The maximum absolute atomic E-state index is 11.8. The molecule has 1 aromatic carbocycles. The molecule has 2 aliphatic heterocycles. The van der Waals surface area contributed by atoms with E-state index in [1.165, 1.54) is 18.4 Å². The fourth-order valence-electron chi connectivity index (χ4n) is 4.95. The highest BCUT2D eigenvalue weighted by atomic mass is 16.5. The number of benzene rings is 1. The molecule has 1 saturated carbocycles. The molecule has 4 rings (SSSR count). The van der Waals surface area contributed by atoms with E-state index in [1.807, 2.05) is 0 Å². The Labute approximate surface area is 155 Å². The van der Waals surface area contributed by atoms with Crippen molar-refractivity contribution in [1.82, 2.24) is 4.90 Å². The minimum absolute atomic E-state index is 0.115. The van der Waals surface area contributed by atoms with Crippen LogP contribution in [-0.2, 0) is 16.1 Å². The zero-order valence-corrected chi connectivity index (χ0v) is 15.4. The van der Waals surface area contributed by atoms with Crippen LogP contribution in [0.1, 0.15) is 44.1 Å². The molecule has 26 heavy (non-hydrogen) atoms. The number of hydrogen-bond donors (Lipinski definition) is 1. The third-order valence-electron chi connectivity index (χ3n) is 6.44. The maximum Gasteiger partial charge on any atom is 0.308 e. The Morgan fingerprint density at radius 3 is 2.54 bits per heavy atom. The van der Waals surface area contributed by atoms with Gasteiger partial charge in [-0.15, -0.1) is 0 Å². The molecule has 3 aliphatic rings. The van der Waals surface area contributed by atoms with Crippen molar-refractivity contribution in [3.8, 4) is 5.75 Å². The zero-order valence-electron chi connectivity index (χ0n) is 15.4. The molecule has 0 aromatic heterocycles. The normalized spacial score (nSPS) is 26.4. The van der Waals surface area contributed by atoms with Gasteiger partial charge in [0.15, 0.2) is 0 Å². The molecule has 2 heterocycles. The van der Waals surface area contributed by atoms with Crippen molar-refractivity contribution < 1.29 is 19.4 Å². The minimum atomic E-state index is -0.658. The second-order valence-corrected chi connectivity index (χ2v) is 8.20. The van der Waals surface area contributed by atoms with Gasteiger partial charge < -0.3 is 14.6 Å². The first-order valence-corrected chi connectivity index (χ1v) is 9.93. The van der Waals surface area contributed by atoms with Gasteiger partial charge in [0.05, 0.1) is 12.0 Å². The molecule has 2 saturated heterocycles. The van der Waals surface area contributed by atoms with Gasteiger partial charge in [-0.1, -0.05) is 12.1 Å². The van der Waals surface area contributed by atoms with Crippen molar-refractivity contribution in [2.45, 2.75) is 51.2 Å². The van der Waals surface area contributed by atoms with Crippen LogP contribution in [-0.4, -0.2) is 48.4 Å². The SMILES string of the molecule is O=C(O)C1CN(Cc2ccc(OC3CCCC3)cc2)CC12CCOCC2. The molecular weight excluding hydrogens is 330 g/mol. The van der Waals surface area contributed by atoms with Gasteiger partial charge in [-0.25, -0.2) is 0 Å². The molecule has 1 atom stereocenters. The number of nitrogens with zero attached hydrogens (tertiary/aromatic N) is 1. The topological polar surface area (TPSA) is 59.0 Å². The highest BCUT2D eigenvalue weighted by molar-refractivity contribution is 5.72. The number of ether oxygens (including phenoxy) is 2. The van der Waals surface area contributed by atoms with Gasteiger partial charge in [0.2, 0.25) is 0 Å². The van der Waals surface area contributed by atoms with Crippen LogP contribution in [0.15, 0.2) is 24.3 Å². The second-order valence-electron chi connectivity index (χ2n) is 8.20. The Morgan fingerprint density at radius 1 is 1.19 bits per heavy atom. The Morgan fingerprint density at radius 2 is 1.88 bits per heavy atom. The van der Waals surface area contributed by atoms with E-state index in [1.54, 1.807) is 0 Å². The quantitative estimate of drug-likeness (QED) is 0.874. The van der Waals surface area contributed by atoms with Crippen LogP contribution >= 0.6 is 0 Å². The van der Waals surface area contributed by atoms with Crippen LogP contribution in [0, 0.1) is 11.3 Å². The van der Waals surface area contributed by atoms with Crippen LogP contribution in [0.25, 0.3) is 0 Å². The monoisotopic (exact) mass is 359 g/mol. The molecule has 1 unspecified atom stereocenters. The van der Waals surface area contributed by atoms with Crippen LogP contribution in [0.4, 0.5) is 0 Å². The summed E-state index contributed by atoms with van der Waals surface area (Å²) in [5.74, 6) is 0.0115. The molecule has 1 N–H and O–H groups in total. The Bertz CT molecular complexity index is 617. The first-order chi connectivity index (χ1) is 12.6. The summed E-state index contributed by atoms with van der Waals surface area (Å²) >= 11 is 0. The lowest BCUT2D eigenvalue weighted by Crippen LogP contribution is -2.40. The predicted octanol–water partition coefficient (Wildman–Crippen LogP) is 3.32. The van der Waals surface area contributed by atoms with Gasteiger partial charge in [0, 0.05) is 38.3 Å². The molecule has 0 radical (unpaired) electrons. The fraction of sp³-hybridized carbons (Fsp3) is 0.667. The van der Waals surface area contributed by atoms with Crippen LogP contribution in [0.2, 0.25) is 0 Å².